The number of nitrogens with one attached hydrogen (secondary N) is 1. The normalized spacial score (nSPS) is 24.8. The summed E-state index contributed by atoms with van der Waals surface area (Å²) in [5.74, 6) is 0.931. The molecule has 1 aromatic heterocycles. The second-order valence-corrected chi connectivity index (χ2v) is 10.3. The molecule has 2 heterocycles. The van der Waals surface area contributed by atoms with Gasteiger partial charge in [0.05, 0.1) is 17.6 Å². The molecule has 1 unspecified atom stereocenters. The summed E-state index contributed by atoms with van der Waals surface area (Å²) >= 11 is 0. The predicted octanol–water partition coefficient (Wildman–Crippen LogP) is 4.58. The van der Waals surface area contributed by atoms with Gasteiger partial charge in [-0.15, -0.1) is 0 Å². The van der Waals surface area contributed by atoms with E-state index in [-0.39, 0.29) is 17.9 Å². The van der Waals surface area contributed by atoms with Crippen LogP contribution >= 0.6 is 0 Å². The van der Waals surface area contributed by atoms with Crippen LogP contribution in [0.1, 0.15) is 62.1 Å². The summed E-state index contributed by atoms with van der Waals surface area (Å²) in [5, 5.41) is 3.31. The molecule has 1 aliphatic heterocycles. The van der Waals surface area contributed by atoms with Gasteiger partial charge in [0.2, 0.25) is 5.91 Å². The average Bonchev–Trinajstić information content (AvgIpc) is 3.22. The molecule has 0 saturated heterocycles. The van der Waals surface area contributed by atoms with Crippen LogP contribution in [0, 0.1) is 5.92 Å². The van der Waals surface area contributed by atoms with Crippen LogP contribution in [-0.4, -0.2) is 44.4 Å². The molecule has 34 heavy (non-hydrogen) atoms. The quantitative estimate of drug-likeness (QED) is 0.588. The summed E-state index contributed by atoms with van der Waals surface area (Å²) in [5.41, 5.74) is 1.97. The van der Waals surface area contributed by atoms with E-state index in [0.717, 1.165) is 49.6 Å². The van der Waals surface area contributed by atoms with Crippen LogP contribution in [0.3, 0.4) is 0 Å². The molecule has 1 atom stereocenters. The first-order valence-electron chi connectivity index (χ1n) is 12.6. The minimum atomic E-state index is -0.965. The Labute approximate surface area is 201 Å². The number of amides is 2. The molecular weight excluding hydrogens is 424 g/mol. The zero-order valence-electron chi connectivity index (χ0n) is 20.2. The molecule has 3 aromatic rings. The molecule has 1 N–H and O–H groups in total. The van der Waals surface area contributed by atoms with E-state index >= 15 is 0 Å². The molecule has 1 saturated carbocycles. The van der Waals surface area contributed by atoms with Crippen LogP contribution in [0.4, 0.5) is 0 Å². The molecule has 2 amide bonds. The van der Waals surface area contributed by atoms with Crippen molar-refractivity contribution in [1.82, 2.24) is 19.8 Å². The maximum absolute atomic E-state index is 13.8. The van der Waals surface area contributed by atoms with Crippen LogP contribution in [0.2, 0.25) is 0 Å². The van der Waals surface area contributed by atoms with Gasteiger partial charge in [-0.2, -0.15) is 0 Å². The fourth-order valence-corrected chi connectivity index (χ4v) is 5.51. The number of imidazole rings is 1. The van der Waals surface area contributed by atoms with Gasteiger partial charge in [0, 0.05) is 12.6 Å². The van der Waals surface area contributed by atoms with Crippen molar-refractivity contribution in [3.63, 3.8) is 0 Å². The second-order valence-electron chi connectivity index (χ2n) is 10.3. The number of hydrogen-bond donors (Lipinski definition) is 1. The van der Waals surface area contributed by atoms with E-state index < -0.39 is 5.54 Å². The zero-order chi connectivity index (χ0) is 23.7. The Hall–Kier alpha value is -3.15. The van der Waals surface area contributed by atoms with Crippen LogP contribution in [-0.2, 0) is 17.8 Å². The van der Waals surface area contributed by atoms with Gasteiger partial charge in [-0.3, -0.25) is 9.59 Å². The maximum Gasteiger partial charge on any atom is 0.290 e. The lowest BCUT2D eigenvalue weighted by atomic mass is 9.86. The lowest BCUT2D eigenvalue weighted by Crippen LogP contribution is -2.65. The minimum absolute atomic E-state index is 0.0523. The van der Waals surface area contributed by atoms with Gasteiger partial charge >= 0.3 is 0 Å². The van der Waals surface area contributed by atoms with Gasteiger partial charge in [0.1, 0.15) is 5.54 Å². The summed E-state index contributed by atoms with van der Waals surface area (Å²) in [6.45, 7) is 5.13. The summed E-state index contributed by atoms with van der Waals surface area (Å²) in [6.07, 6.45) is 5.93. The van der Waals surface area contributed by atoms with Crippen LogP contribution in [0.15, 0.2) is 54.6 Å². The highest BCUT2D eigenvalue weighted by Gasteiger charge is 2.48. The van der Waals surface area contributed by atoms with Crippen LogP contribution in [0.25, 0.3) is 11.0 Å². The lowest BCUT2D eigenvalue weighted by molar-refractivity contribution is -0.133. The van der Waals surface area contributed by atoms with Crippen molar-refractivity contribution in [2.75, 3.05) is 6.54 Å². The van der Waals surface area contributed by atoms with E-state index in [4.69, 9.17) is 0 Å². The first kappa shape index (κ1) is 22.6. The maximum atomic E-state index is 13.8. The summed E-state index contributed by atoms with van der Waals surface area (Å²) < 4.78 is 1.94. The van der Waals surface area contributed by atoms with Crippen molar-refractivity contribution >= 4 is 22.8 Å². The number of para-hydroxylation sites is 2. The van der Waals surface area contributed by atoms with Gasteiger partial charge in [0.25, 0.3) is 5.91 Å². The molecule has 0 radical (unpaired) electrons. The third-order valence-corrected chi connectivity index (χ3v) is 7.68. The van der Waals surface area contributed by atoms with E-state index in [1.54, 1.807) is 4.90 Å². The molecule has 6 heteroatoms. The van der Waals surface area contributed by atoms with E-state index in [1.807, 2.05) is 54.0 Å². The van der Waals surface area contributed by atoms with Gasteiger partial charge in [-0.05, 0) is 69.1 Å². The molecule has 1 fully saturated rings. The Morgan fingerprint density at radius 1 is 1.06 bits per heavy atom. The Kier molecular flexibility index (Phi) is 6.15. The standard InChI is InChI=1S/C28H34N4O2/c1-20-14-16-22(17-15-20)29-27(34)28(2)19-31-24-13-7-6-12-23(24)30-25(31)26(33)32(28)18-8-11-21-9-4-3-5-10-21/h3-7,9-10,12-13,20,22H,8,11,14-19H2,1-2H3,(H,29,34). The number of aryl methyl sites for hydroxylation is 1. The summed E-state index contributed by atoms with van der Waals surface area (Å²) in [7, 11) is 0. The van der Waals surface area contributed by atoms with E-state index in [2.05, 4.69) is 29.4 Å². The molecule has 0 spiro atoms. The Morgan fingerprint density at radius 3 is 2.53 bits per heavy atom. The van der Waals surface area contributed by atoms with Crippen LogP contribution < -0.4 is 5.32 Å². The number of benzene rings is 2. The van der Waals surface area contributed by atoms with Crippen molar-refractivity contribution in [3.05, 3.63) is 66.0 Å². The van der Waals surface area contributed by atoms with Gasteiger partial charge in [-0.25, -0.2) is 4.98 Å². The first-order valence-corrected chi connectivity index (χ1v) is 12.6. The van der Waals surface area contributed by atoms with Crippen molar-refractivity contribution in [2.45, 2.75) is 70.5 Å². The summed E-state index contributed by atoms with van der Waals surface area (Å²) in [4.78, 5) is 33.9. The highest BCUT2D eigenvalue weighted by molar-refractivity contribution is 6.01. The van der Waals surface area contributed by atoms with Gasteiger partial charge < -0.3 is 14.8 Å². The SMILES string of the molecule is CC1CCC(NC(=O)C2(C)Cn3c(nc4ccccc43)C(=O)N2CCCc2ccccc2)CC1. The van der Waals surface area contributed by atoms with Crippen molar-refractivity contribution < 1.29 is 9.59 Å². The topological polar surface area (TPSA) is 67.2 Å². The monoisotopic (exact) mass is 458 g/mol. The predicted molar refractivity (Wildman–Crippen MR) is 134 cm³/mol. The highest BCUT2D eigenvalue weighted by Crippen LogP contribution is 2.32. The van der Waals surface area contributed by atoms with Crippen molar-refractivity contribution in [3.8, 4) is 0 Å². The largest absolute Gasteiger partial charge is 0.351 e. The molecule has 6 nitrogen and oxygen atoms in total. The van der Waals surface area contributed by atoms with Gasteiger partial charge in [0.15, 0.2) is 5.82 Å². The average molecular weight is 459 g/mol. The van der Waals surface area contributed by atoms with Crippen molar-refractivity contribution in [1.29, 1.82) is 0 Å². The molecule has 2 aliphatic rings. The first-order chi connectivity index (χ1) is 16.5. The molecule has 1 aliphatic carbocycles. The molecule has 2 aromatic carbocycles. The van der Waals surface area contributed by atoms with Crippen LogP contribution in [0.5, 0.6) is 0 Å². The third kappa shape index (κ3) is 4.22. The molecule has 0 bridgehead atoms. The number of carbonyl (C=O) groups excluding carboxylic acids is 2. The fourth-order valence-electron chi connectivity index (χ4n) is 5.51. The van der Waals surface area contributed by atoms with E-state index in [1.165, 1.54) is 5.56 Å². The number of fused-ring (bicyclic) bond motifs is 3. The van der Waals surface area contributed by atoms with E-state index in [9.17, 15) is 9.59 Å². The zero-order valence-corrected chi connectivity index (χ0v) is 20.2. The number of rotatable bonds is 6. The lowest BCUT2D eigenvalue weighted by Gasteiger charge is -2.44. The molecule has 5 rings (SSSR count). The number of aromatic nitrogens is 2. The summed E-state index contributed by atoms with van der Waals surface area (Å²) in [6, 6.07) is 18.3. The Bertz CT molecular complexity index is 1180. The van der Waals surface area contributed by atoms with Crippen molar-refractivity contribution in [2.24, 2.45) is 5.92 Å². The third-order valence-electron chi connectivity index (χ3n) is 7.68. The molecule has 178 valence electrons. The van der Waals surface area contributed by atoms with E-state index in [0.29, 0.717) is 24.8 Å². The Morgan fingerprint density at radius 2 is 1.76 bits per heavy atom. The smallest absolute Gasteiger partial charge is 0.290 e. The second kappa shape index (κ2) is 9.24. The fraction of sp³-hybridized carbons (Fsp3) is 0.464. The number of hydrogen-bond acceptors (Lipinski definition) is 3. The van der Waals surface area contributed by atoms with Gasteiger partial charge in [-0.1, -0.05) is 49.4 Å². The Balaban J connectivity index is 1.42. The minimum Gasteiger partial charge on any atom is -0.351 e. The number of carbonyl (C=O) groups is 2. The number of nitrogens with zero attached hydrogens (tertiary/aromatic N) is 3. The highest BCUT2D eigenvalue weighted by atomic mass is 16.2. The molecular formula is C28H34N4O2.